The third kappa shape index (κ3) is 15.1. The van der Waals surface area contributed by atoms with E-state index < -0.39 is 13.9 Å². The van der Waals surface area contributed by atoms with E-state index in [9.17, 15) is 9.46 Å². The smallest absolute Gasteiger partial charge is 0.353 e. The largest absolute Gasteiger partial charge is 0.382 e. The summed E-state index contributed by atoms with van der Waals surface area (Å²) in [5.41, 5.74) is 6.92. The van der Waals surface area contributed by atoms with Crippen LogP contribution in [-0.4, -0.2) is 79.7 Å². The molecule has 0 aliphatic heterocycles. The molecule has 2 rings (SSSR count). The fourth-order valence-corrected chi connectivity index (χ4v) is 9.17. The minimum atomic E-state index is -3.86. The number of fused-ring (bicyclic) bond motifs is 1. The van der Waals surface area contributed by atoms with E-state index in [1.165, 1.54) is 93.5 Å². The summed E-state index contributed by atoms with van der Waals surface area (Å²) in [6.07, 6.45) is 18.1. The van der Waals surface area contributed by atoms with Gasteiger partial charge < -0.3 is 29.2 Å². The van der Waals surface area contributed by atoms with E-state index in [1.54, 1.807) is 17.8 Å². The van der Waals surface area contributed by atoms with E-state index in [0.29, 0.717) is 36.7 Å². The maximum Gasteiger partial charge on any atom is 0.353 e. The molecular formula is C31H60N5O5PS. The highest BCUT2D eigenvalue weighted by atomic mass is 32.3. The molecule has 2 atom stereocenters. The molecule has 0 bridgehead atoms. The van der Waals surface area contributed by atoms with E-state index in [-0.39, 0.29) is 22.7 Å². The van der Waals surface area contributed by atoms with Crippen molar-refractivity contribution in [3.63, 3.8) is 0 Å². The molecule has 0 amide bonds. The molecule has 0 spiro atoms. The van der Waals surface area contributed by atoms with Crippen LogP contribution in [0.3, 0.4) is 0 Å². The first-order valence-corrected chi connectivity index (χ1v) is 20.6. The van der Waals surface area contributed by atoms with Crippen molar-refractivity contribution in [2.75, 3.05) is 54.9 Å². The van der Waals surface area contributed by atoms with E-state index in [4.69, 9.17) is 19.7 Å². The SMILES string of the molecule is CCS(CC)(CC)CCCCCCCCCCCCCCOCCOP(=O)(O)CO[C@H](C)Cn1cnc2c(N)ncnc21. The van der Waals surface area contributed by atoms with Gasteiger partial charge in [-0.2, -0.15) is 0 Å². The zero-order valence-electron chi connectivity index (χ0n) is 27.4. The van der Waals surface area contributed by atoms with Crippen LogP contribution in [0.25, 0.3) is 11.2 Å². The number of hydrogen-bond donors (Lipinski definition) is 2. The second-order valence-electron chi connectivity index (χ2n) is 11.6. The Labute approximate surface area is 262 Å². The third-order valence-corrected chi connectivity index (χ3v) is 14.3. The highest BCUT2D eigenvalue weighted by molar-refractivity contribution is 8.33. The summed E-state index contributed by atoms with van der Waals surface area (Å²) in [5, 5.41) is 0. The lowest BCUT2D eigenvalue weighted by Gasteiger charge is -2.37. The lowest BCUT2D eigenvalue weighted by atomic mass is 10.1. The number of hydrogen-bond acceptors (Lipinski definition) is 8. The molecule has 1 unspecified atom stereocenters. The number of ether oxygens (including phenoxy) is 2. The van der Waals surface area contributed by atoms with Gasteiger partial charge in [0.05, 0.1) is 32.2 Å². The van der Waals surface area contributed by atoms with Gasteiger partial charge in [-0.25, -0.2) is 25.0 Å². The average Bonchev–Trinajstić information content (AvgIpc) is 3.41. The molecule has 0 fully saturated rings. The molecule has 0 aliphatic rings. The van der Waals surface area contributed by atoms with E-state index in [2.05, 4.69) is 35.7 Å². The van der Waals surface area contributed by atoms with Gasteiger partial charge in [-0.3, -0.25) is 4.57 Å². The molecule has 250 valence electrons. The first-order valence-electron chi connectivity index (χ1n) is 16.6. The first kappa shape index (κ1) is 38.0. The zero-order valence-corrected chi connectivity index (χ0v) is 29.1. The maximum absolute atomic E-state index is 12.3. The average molecular weight is 646 g/mol. The molecule has 2 heterocycles. The monoisotopic (exact) mass is 645 g/mol. The molecule has 0 radical (unpaired) electrons. The summed E-state index contributed by atoms with van der Waals surface area (Å²) in [6, 6.07) is 0. The summed E-state index contributed by atoms with van der Waals surface area (Å²) < 4.78 is 30.4. The lowest BCUT2D eigenvalue weighted by Crippen LogP contribution is -2.18. The van der Waals surface area contributed by atoms with Crippen molar-refractivity contribution in [1.29, 1.82) is 0 Å². The number of nitrogen functional groups attached to an aromatic ring is 1. The standard InChI is InChI=1S/C31H60N5O5PS/c1-5-43(6-2,7-3)23-19-17-15-13-11-9-8-10-12-14-16-18-20-39-21-22-41-42(37,38)27-40-28(4)24-36-26-35-29-30(32)33-25-34-31(29)36/h25-26,28H,5-24,27H2,1-4H3,(H,37,38)(H2,32,33,34)/t28-/m1/s1. The zero-order chi connectivity index (χ0) is 31.4. The van der Waals surface area contributed by atoms with Crippen molar-refractivity contribution in [2.24, 2.45) is 0 Å². The highest BCUT2D eigenvalue weighted by Crippen LogP contribution is 2.47. The van der Waals surface area contributed by atoms with Crippen LogP contribution in [0.4, 0.5) is 5.82 Å². The van der Waals surface area contributed by atoms with Gasteiger partial charge in [-0.05, 0) is 42.8 Å². The normalized spacial score (nSPS) is 14.7. The Morgan fingerprint density at radius 2 is 1.44 bits per heavy atom. The van der Waals surface area contributed by atoms with Crippen LogP contribution in [0, 0.1) is 0 Å². The van der Waals surface area contributed by atoms with Crippen molar-refractivity contribution in [3.05, 3.63) is 12.7 Å². The predicted octanol–water partition coefficient (Wildman–Crippen LogP) is 7.54. The Balaban J connectivity index is 1.37. The Hall–Kier alpha value is -1.23. The summed E-state index contributed by atoms with van der Waals surface area (Å²) in [7, 11) is -4.16. The van der Waals surface area contributed by atoms with Gasteiger partial charge in [-0.1, -0.05) is 85.0 Å². The number of aromatic nitrogens is 4. The van der Waals surface area contributed by atoms with E-state index in [0.717, 1.165) is 12.8 Å². The molecule has 0 aliphatic carbocycles. The van der Waals surface area contributed by atoms with Gasteiger partial charge in [0.15, 0.2) is 11.5 Å². The van der Waals surface area contributed by atoms with Crippen molar-refractivity contribution in [1.82, 2.24) is 19.5 Å². The molecule has 3 N–H and O–H groups in total. The number of unbranched alkanes of at least 4 members (excludes halogenated alkanes) is 11. The Bertz CT molecular complexity index is 1050. The molecule has 43 heavy (non-hydrogen) atoms. The predicted molar refractivity (Wildman–Crippen MR) is 181 cm³/mol. The second kappa shape index (κ2) is 21.5. The van der Waals surface area contributed by atoms with Gasteiger partial charge in [-0.15, -0.1) is 0 Å². The van der Waals surface area contributed by atoms with Crippen LogP contribution in [0.1, 0.15) is 105 Å². The Morgan fingerprint density at radius 1 is 0.860 bits per heavy atom. The van der Waals surface area contributed by atoms with Gasteiger partial charge in [0.25, 0.3) is 0 Å². The number of imidazole rings is 1. The fraction of sp³-hybridized carbons (Fsp3) is 0.839. The molecule has 0 saturated heterocycles. The molecule has 2 aromatic heterocycles. The highest BCUT2D eigenvalue weighted by Gasteiger charge is 2.22. The number of rotatable bonds is 27. The molecule has 12 heteroatoms. The summed E-state index contributed by atoms with van der Waals surface area (Å²) in [4.78, 5) is 22.4. The van der Waals surface area contributed by atoms with Crippen LogP contribution in [0.2, 0.25) is 0 Å². The minimum Gasteiger partial charge on any atom is -0.382 e. The van der Waals surface area contributed by atoms with Gasteiger partial charge >= 0.3 is 7.60 Å². The van der Waals surface area contributed by atoms with Crippen molar-refractivity contribution in [3.8, 4) is 0 Å². The molecule has 0 saturated carbocycles. The fourth-order valence-electron chi connectivity index (χ4n) is 5.39. The first-order chi connectivity index (χ1) is 20.8. The maximum atomic E-state index is 12.3. The quantitative estimate of drug-likeness (QED) is 0.0746. The van der Waals surface area contributed by atoms with Crippen LogP contribution >= 0.6 is 17.6 Å². The number of nitrogens with two attached hydrogens (primary N) is 1. The summed E-state index contributed by atoms with van der Waals surface area (Å²) in [6.45, 7) is 10.4. The van der Waals surface area contributed by atoms with Crippen molar-refractivity contribution < 1.29 is 23.5 Å². The van der Waals surface area contributed by atoms with Crippen LogP contribution in [-0.2, 0) is 25.1 Å². The van der Waals surface area contributed by atoms with Crippen LogP contribution in [0.5, 0.6) is 0 Å². The number of nitrogens with zero attached hydrogens (tertiary/aromatic N) is 4. The summed E-state index contributed by atoms with van der Waals surface area (Å²) >= 11 is 0. The van der Waals surface area contributed by atoms with Crippen molar-refractivity contribution >= 4 is 34.6 Å². The van der Waals surface area contributed by atoms with Gasteiger partial charge in [0.1, 0.15) is 18.2 Å². The van der Waals surface area contributed by atoms with Crippen LogP contribution in [0.15, 0.2) is 12.7 Å². The number of anilines is 1. The van der Waals surface area contributed by atoms with E-state index in [1.807, 2.05) is 0 Å². The topological polar surface area (TPSA) is 135 Å². The van der Waals surface area contributed by atoms with Gasteiger partial charge in [0, 0.05) is 6.61 Å². The van der Waals surface area contributed by atoms with E-state index >= 15 is 0 Å². The van der Waals surface area contributed by atoms with Crippen molar-refractivity contribution in [2.45, 2.75) is 117 Å². The molecule has 2 aromatic rings. The summed E-state index contributed by atoms with van der Waals surface area (Å²) in [5.74, 6) is 6.04. The second-order valence-corrected chi connectivity index (χ2v) is 17.9. The molecule has 10 nitrogen and oxygen atoms in total. The van der Waals surface area contributed by atoms with Gasteiger partial charge in [0.2, 0.25) is 0 Å². The Morgan fingerprint density at radius 3 is 2.05 bits per heavy atom. The van der Waals surface area contributed by atoms with Crippen LogP contribution < -0.4 is 5.73 Å². The lowest BCUT2D eigenvalue weighted by molar-refractivity contribution is 0.0610. The molecular weight excluding hydrogens is 585 g/mol. The third-order valence-electron chi connectivity index (χ3n) is 8.38. The minimum absolute atomic E-state index is 0.0614. The Kier molecular flexibility index (Phi) is 19.0. The molecule has 0 aromatic carbocycles.